The molecule has 0 amide bonds. The lowest BCUT2D eigenvalue weighted by molar-refractivity contribution is 0.233. The third kappa shape index (κ3) is 6.22. The molecule has 15 heavy (non-hydrogen) atoms. The SMILES string of the molecule is CC.OC[C@H](Cc1ccccc1)N(P)P. The van der Waals surface area contributed by atoms with Gasteiger partial charge in [-0.3, -0.25) is 4.44 Å². The molecule has 2 unspecified atom stereocenters. The fourth-order valence-corrected chi connectivity index (χ4v) is 1.55. The summed E-state index contributed by atoms with van der Waals surface area (Å²) in [4.78, 5) is 0. The van der Waals surface area contributed by atoms with Crippen LogP contribution < -0.4 is 0 Å². The lowest BCUT2D eigenvalue weighted by Crippen LogP contribution is -2.25. The van der Waals surface area contributed by atoms with Crippen LogP contribution in [-0.4, -0.2) is 22.2 Å². The van der Waals surface area contributed by atoms with Crippen LogP contribution in [0.2, 0.25) is 0 Å². The van der Waals surface area contributed by atoms with E-state index in [1.54, 1.807) is 0 Å². The normalized spacial score (nSPS) is 11.9. The summed E-state index contributed by atoms with van der Waals surface area (Å²) >= 11 is 0. The second-order valence-electron chi connectivity index (χ2n) is 2.97. The Morgan fingerprint density at radius 3 is 2.13 bits per heavy atom. The summed E-state index contributed by atoms with van der Waals surface area (Å²) in [6, 6.07) is 10.3. The second kappa shape index (κ2) is 9.24. The van der Waals surface area contributed by atoms with Crippen molar-refractivity contribution in [1.29, 1.82) is 0 Å². The number of hydrogen-bond donors (Lipinski definition) is 1. The summed E-state index contributed by atoms with van der Waals surface area (Å²) in [5.74, 6) is 0. The van der Waals surface area contributed by atoms with Crippen LogP contribution in [0.25, 0.3) is 0 Å². The molecule has 4 heteroatoms. The zero-order valence-corrected chi connectivity index (χ0v) is 11.7. The first-order chi connectivity index (χ1) is 7.24. The van der Waals surface area contributed by atoms with Crippen LogP contribution in [0.15, 0.2) is 30.3 Å². The van der Waals surface area contributed by atoms with Crippen LogP contribution in [0, 0.1) is 0 Å². The van der Waals surface area contributed by atoms with Gasteiger partial charge in [-0.1, -0.05) is 63.0 Å². The van der Waals surface area contributed by atoms with Crippen molar-refractivity contribution < 1.29 is 5.11 Å². The van der Waals surface area contributed by atoms with E-state index in [1.807, 2.05) is 36.5 Å². The maximum absolute atomic E-state index is 9.09. The van der Waals surface area contributed by atoms with Gasteiger partial charge in [-0.25, -0.2) is 0 Å². The summed E-state index contributed by atoms with van der Waals surface area (Å²) in [7, 11) is 5.10. The van der Waals surface area contributed by atoms with E-state index in [0.29, 0.717) is 0 Å². The molecule has 1 aromatic carbocycles. The van der Waals surface area contributed by atoms with E-state index in [-0.39, 0.29) is 12.6 Å². The highest BCUT2D eigenvalue weighted by Crippen LogP contribution is 2.16. The van der Waals surface area contributed by atoms with E-state index in [1.165, 1.54) is 5.56 Å². The fraction of sp³-hybridized carbons (Fsp3) is 0.455. The Hall–Kier alpha value is -0.000000000000000111. The van der Waals surface area contributed by atoms with E-state index in [9.17, 15) is 0 Å². The largest absolute Gasteiger partial charge is 0.395 e. The van der Waals surface area contributed by atoms with Crippen LogP contribution in [0.1, 0.15) is 19.4 Å². The highest BCUT2D eigenvalue weighted by atomic mass is 31.1. The minimum atomic E-state index is 0.150. The molecule has 0 aromatic heterocycles. The zero-order chi connectivity index (χ0) is 11.7. The van der Waals surface area contributed by atoms with Gasteiger partial charge >= 0.3 is 0 Å². The number of benzene rings is 1. The minimum absolute atomic E-state index is 0.150. The Labute approximate surface area is 97.6 Å². The standard InChI is InChI=1S/C9H15NOP2.C2H6/c11-7-9(10(12)13)6-8-4-2-1-3-5-8;1-2/h1-5,9,11H,6-7,12-13H2;1-2H3/t9-;/m0./s1. The van der Waals surface area contributed by atoms with Gasteiger partial charge < -0.3 is 5.11 Å². The summed E-state index contributed by atoms with van der Waals surface area (Å²) < 4.78 is 1.88. The molecule has 86 valence electrons. The average Bonchev–Trinajstić information content (AvgIpc) is 2.29. The van der Waals surface area contributed by atoms with Crippen molar-refractivity contribution in [2.45, 2.75) is 26.3 Å². The van der Waals surface area contributed by atoms with Crippen molar-refractivity contribution >= 4 is 18.8 Å². The molecule has 0 aliphatic carbocycles. The maximum Gasteiger partial charge on any atom is 0.0596 e. The smallest absolute Gasteiger partial charge is 0.0596 e. The van der Waals surface area contributed by atoms with Crippen LogP contribution in [-0.2, 0) is 6.42 Å². The maximum atomic E-state index is 9.09. The van der Waals surface area contributed by atoms with Gasteiger partial charge in [0.05, 0.1) is 6.61 Å². The van der Waals surface area contributed by atoms with E-state index in [2.05, 4.69) is 30.9 Å². The van der Waals surface area contributed by atoms with Gasteiger partial charge in [0.15, 0.2) is 0 Å². The van der Waals surface area contributed by atoms with Crippen LogP contribution >= 0.6 is 18.8 Å². The average molecular weight is 245 g/mol. The molecular formula is C11H21NOP2. The molecule has 0 fully saturated rings. The molecular weight excluding hydrogens is 224 g/mol. The topological polar surface area (TPSA) is 23.5 Å². The molecule has 2 nitrogen and oxygen atoms in total. The molecule has 1 rings (SSSR count). The van der Waals surface area contributed by atoms with Gasteiger partial charge in [0.25, 0.3) is 0 Å². The summed E-state index contributed by atoms with van der Waals surface area (Å²) in [5, 5.41) is 9.09. The highest BCUT2D eigenvalue weighted by Gasteiger charge is 2.10. The van der Waals surface area contributed by atoms with Crippen molar-refractivity contribution in [3.63, 3.8) is 0 Å². The summed E-state index contributed by atoms with van der Waals surface area (Å²) in [6.07, 6.45) is 0.865. The van der Waals surface area contributed by atoms with Gasteiger partial charge in [-0.15, -0.1) is 0 Å². The zero-order valence-electron chi connectivity index (χ0n) is 9.43. The molecule has 0 aliphatic heterocycles. The quantitative estimate of drug-likeness (QED) is 0.824. The molecule has 0 heterocycles. The molecule has 0 bridgehead atoms. The first-order valence-corrected chi connectivity index (χ1v) is 6.20. The number of hydrogen-bond acceptors (Lipinski definition) is 2. The van der Waals surface area contributed by atoms with E-state index in [0.717, 1.165) is 6.42 Å². The van der Waals surface area contributed by atoms with Gasteiger partial charge in [-0.05, 0) is 12.0 Å². The minimum Gasteiger partial charge on any atom is -0.395 e. The second-order valence-corrected chi connectivity index (χ2v) is 4.76. The predicted octanol–water partition coefficient (Wildman–Crippen LogP) is 2.50. The molecule has 0 aliphatic rings. The molecule has 0 saturated carbocycles. The first kappa shape index (κ1) is 15.0. The monoisotopic (exact) mass is 245 g/mol. The molecule has 0 saturated heterocycles. The number of aliphatic hydroxyl groups is 1. The number of aliphatic hydroxyl groups excluding tert-OH is 1. The molecule has 1 N–H and O–H groups in total. The number of nitrogens with zero attached hydrogens (tertiary/aromatic N) is 1. The van der Waals surface area contributed by atoms with E-state index < -0.39 is 0 Å². The Morgan fingerprint density at radius 1 is 1.20 bits per heavy atom. The van der Waals surface area contributed by atoms with Crippen molar-refractivity contribution in [3.05, 3.63) is 35.9 Å². The third-order valence-corrected chi connectivity index (χ3v) is 2.79. The third-order valence-electron chi connectivity index (χ3n) is 1.95. The first-order valence-electron chi connectivity index (χ1n) is 5.17. The predicted molar refractivity (Wildman–Crippen MR) is 73.6 cm³/mol. The van der Waals surface area contributed by atoms with Gasteiger partial charge in [0.1, 0.15) is 0 Å². The molecule has 1 aromatic rings. The van der Waals surface area contributed by atoms with Gasteiger partial charge in [0, 0.05) is 6.04 Å². The summed E-state index contributed by atoms with van der Waals surface area (Å²) in [5.41, 5.74) is 1.25. The molecule has 0 spiro atoms. The Morgan fingerprint density at radius 2 is 1.73 bits per heavy atom. The number of rotatable bonds is 4. The highest BCUT2D eigenvalue weighted by molar-refractivity contribution is 7.30. The van der Waals surface area contributed by atoms with E-state index >= 15 is 0 Å². The van der Waals surface area contributed by atoms with Crippen LogP contribution in [0.5, 0.6) is 0 Å². The summed E-state index contributed by atoms with van der Waals surface area (Å²) in [6.45, 7) is 4.17. The van der Waals surface area contributed by atoms with Crippen molar-refractivity contribution in [3.8, 4) is 0 Å². The van der Waals surface area contributed by atoms with E-state index in [4.69, 9.17) is 5.11 Å². The van der Waals surface area contributed by atoms with Crippen LogP contribution in [0.3, 0.4) is 0 Å². The van der Waals surface area contributed by atoms with Crippen molar-refractivity contribution in [2.75, 3.05) is 6.61 Å². The molecule has 3 atom stereocenters. The van der Waals surface area contributed by atoms with Crippen molar-refractivity contribution in [2.24, 2.45) is 0 Å². The Balaban J connectivity index is 0.000000921. The Kier molecular flexibility index (Phi) is 9.24. The van der Waals surface area contributed by atoms with Crippen molar-refractivity contribution in [1.82, 2.24) is 4.44 Å². The van der Waals surface area contributed by atoms with Crippen LogP contribution in [0.4, 0.5) is 0 Å². The lowest BCUT2D eigenvalue weighted by Gasteiger charge is -2.21. The van der Waals surface area contributed by atoms with Gasteiger partial charge in [-0.2, -0.15) is 0 Å². The fourth-order valence-electron chi connectivity index (χ4n) is 1.15. The lowest BCUT2D eigenvalue weighted by atomic mass is 10.1. The Bertz CT molecular complexity index is 242. The molecule has 0 radical (unpaired) electrons. The van der Waals surface area contributed by atoms with Gasteiger partial charge in [0.2, 0.25) is 0 Å².